The van der Waals surface area contributed by atoms with Gasteiger partial charge < -0.3 is 10.2 Å². The Labute approximate surface area is 115 Å². The van der Waals surface area contributed by atoms with Crippen LogP contribution in [-0.2, 0) is 14.8 Å². The molecule has 6 nitrogen and oxygen atoms in total. The minimum atomic E-state index is -4.15. The normalized spacial score (nSPS) is 23.9. The number of rotatable bonds is 3. The number of carbonyl (C=O) groups is 1. The van der Waals surface area contributed by atoms with Gasteiger partial charge in [0.15, 0.2) is 0 Å². The van der Waals surface area contributed by atoms with Crippen molar-refractivity contribution in [3.8, 4) is 0 Å². The lowest BCUT2D eigenvalue weighted by molar-refractivity contribution is -0.140. The van der Waals surface area contributed by atoms with Crippen molar-refractivity contribution in [2.24, 2.45) is 0 Å². The summed E-state index contributed by atoms with van der Waals surface area (Å²) in [5.41, 5.74) is 0.292. The summed E-state index contributed by atoms with van der Waals surface area (Å²) in [5.74, 6) is -2.02. The highest BCUT2D eigenvalue weighted by molar-refractivity contribution is 7.89. The first kappa shape index (κ1) is 14.9. The van der Waals surface area contributed by atoms with Gasteiger partial charge in [-0.25, -0.2) is 12.8 Å². The van der Waals surface area contributed by atoms with E-state index in [0.717, 1.165) is 6.07 Å². The van der Waals surface area contributed by atoms with Gasteiger partial charge in [0.05, 0.1) is 11.0 Å². The molecule has 1 aliphatic rings. The van der Waals surface area contributed by atoms with Crippen molar-refractivity contribution in [1.82, 2.24) is 4.31 Å². The molecule has 2 atom stereocenters. The number of benzene rings is 1. The highest BCUT2D eigenvalue weighted by Gasteiger charge is 2.43. The van der Waals surface area contributed by atoms with Gasteiger partial charge in [-0.05, 0) is 24.6 Å². The van der Waals surface area contributed by atoms with Crippen LogP contribution in [-0.4, -0.2) is 47.6 Å². The van der Waals surface area contributed by atoms with Crippen LogP contribution in [0.1, 0.15) is 12.0 Å². The number of halogens is 1. The molecule has 0 spiro atoms. The lowest BCUT2D eigenvalue weighted by Gasteiger charge is -2.20. The van der Waals surface area contributed by atoms with E-state index < -0.39 is 34.0 Å². The zero-order valence-corrected chi connectivity index (χ0v) is 11.5. The average molecular weight is 303 g/mol. The van der Waals surface area contributed by atoms with E-state index in [4.69, 9.17) is 5.11 Å². The smallest absolute Gasteiger partial charge is 0.322 e. The number of carboxylic acid groups (broad SMARTS) is 1. The molecule has 2 N–H and O–H groups in total. The second-order valence-corrected chi connectivity index (χ2v) is 6.62. The van der Waals surface area contributed by atoms with Crippen molar-refractivity contribution < 1.29 is 27.8 Å². The molecule has 1 aromatic carbocycles. The van der Waals surface area contributed by atoms with E-state index in [0.29, 0.717) is 9.87 Å². The fourth-order valence-electron chi connectivity index (χ4n) is 2.14. The zero-order chi connectivity index (χ0) is 15.1. The Morgan fingerprint density at radius 3 is 2.65 bits per heavy atom. The number of nitrogens with zero attached hydrogens (tertiary/aromatic N) is 1. The third kappa shape index (κ3) is 2.54. The maximum atomic E-state index is 13.5. The molecule has 0 amide bonds. The summed E-state index contributed by atoms with van der Waals surface area (Å²) in [5, 5.41) is 18.5. The summed E-state index contributed by atoms with van der Waals surface area (Å²) in [7, 11) is -4.15. The molecule has 1 saturated heterocycles. The topological polar surface area (TPSA) is 94.9 Å². The van der Waals surface area contributed by atoms with E-state index in [2.05, 4.69) is 0 Å². The number of aryl methyl sites for hydroxylation is 1. The molecule has 0 bridgehead atoms. The van der Waals surface area contributed by atoms with Gasteiger partial charge in [0.2, 0.25) is 10.0 Å². The fraction of sp³-hybridized carbons (Fsp3) is 0.417. The average Bonchev–Trinajstić information content (AvgIpc) is 2.75. The standard InChI is InChI=1S/C12H14FNO5S/c1-7-2-3-9(5-10(7)13)20(18,19)14-6-8(15)4-11(14)12(16)17/h2-3,5,8,11,15H,4,6H2,1H3,(H,16,17)/t8-,11-/m1/s1. The molecular weight excluding hydrogens is 289 g/mol. The zero-order valence-electron chi connectivity index (χ0n) is 10.7. The molecule has 1 aliphatic heterocycles. The molecule has 1 fully saturated rings. The Hall–Kier alpha value is -1.51. The van der Waals surface area contributed by atoms with Crippen LogP contribution < -0.4 is 0 Å². The van der Waals surface area contributed by atoms with E-state index in [-0.39, 0.29) is 17.9 Å². The summed E-state index contributed by atoms with van der Waals surface area (Å²) in [4.78, 5) is 10.7. The number of aliphatic hydroxyl groups excluding tert-OH is 1. The molecule has 20 heavy (non-hydrogen) atoms. The first-order valence-electron chi connectivity index (χ1n) is 5.92. The van der Waals surface area contributed by atoms with Crippen molar-refractivity contribution in [2.75, 3.05) is 6.54 Å². The van der Waals surface area contributed by atoms with Gasteiger partial charge in [0.1, 0.15) is 11.9 Å². The maximum Gasteiger partial charge on any atom is 0.322 e. The summed E-state index contributed by atoms with van der Waals surface area (Å²) in [6.45, 7) is 1.18. The third-order valence-electron chi connectivity index (χ3n) is 3.27. The number of aliphatic hydroxyl groups is 1. The van der Waals surface area contributed by atoms with Crippen molar-refractivity contribution in [3.63, 3.8) is 0 Å². The molecular formula is C12H14FNO5S. The van der Waals surface area contributed by atoms with E-state index in [1.807, 2.05) is 0 Å². The predicted octanol–water partition coefficient (Wildman–Crippen LogP) is 0.343. The van der Waals surface area contributed by atoms with Crippen LogP contribution in [0.25, 0.3) is 0 Å². The highest BCUT2D eigenvalue weighted by Crippen LogP contribution is 2.27. The van der Waals surface area contributed by atoms with Crippen LogP contribution in [0.3, 0.4) is 0 Å². The van der Waals surface area contributed by atoms with Crippen LogP contribution in [0, 0.1) is 12.7 Å². The minimum Gasteiger partial charge on any atom is -0.480 e. The van der Waals surface area contributed by atoms with Gasteiger partial charge in [0.25, 0.3) is 0 Å². The fourth-order valence-corrected chi connectivity index (χ4v) is 3.79. The lowest BCUT2D eigenvalue weighted by Crippen LogP contribution is -2.40. The van der Waals surface area contributed by atoms with Crippen LogP contribution >= 0.6 is 0 Å². The third-order valence-corrected chi connectivity index (χ3v) is 5.14. The van der Waals surface area contributed by atoms with Crippen molar-refractivity contribution in [2.45, 2.75) is 30.4 Å². The summed E-state index contributed by atoms with van der Waals surface area (Å²) in [6, 6.07) is 2.05. The lowest BCUT2D eigenvalue weighted by atomic mass is 10.2. The number of hydrogen-bond acceptors (Lipinski definition) is 4. The summed E-state index contributed by atoms with van der Waals surface area (Å²) >= 11 is 0. The molecule has 1 aromatic rings. The Kier molecular flexibility index (Phi) is 3.81. The molecule has 0 unspecified atom stereocenters. The molecule has 0 aliphatic carbocycles. The van der Waals surface area contributed by atoms with Gasteiger partial charge in [-0.15, -0.1) is 0 Å². The number of aliphatic carboxylic acids is 1. The van der Waals surface area contributed by atoms with Crippen LogP contribution in [0.15, 0.2) is 23.1 Å². The summed E-state index contributed by atoms with van der Waals surface area (Å²) < 4.78 is 38.9. The van der Waals surface area contributed by atoms with Crippen molar-refractivity contribution in [3.05, 3.63) is 29.6 Å². The Morgan fingerprint density at radius 1 is 1.45 bits per heavy atom. The second kappa shape index (κ2) is 5.12. The monoisotopic (exact) mass is 303 g/mol. The molecule has 0 aromatic heterocycles. The minimum absolute atomic E-state index is 0.178. The Morgan fingerprint density at radius 2 is 2.10 bits per heavy atom. The van der Waals surface area contributed by atoms with Gasteiger partial charge in [-0.2, -0.15) is 4.31 Å². The number of hydrogen-bond donors (Lipinski definition) is 2. The second-order valence-electron chi connectivity index (χ2n) is 4.73. The van der Waals surface area contributed by atoms with Gasteiger partial charge in [-0.3, -0.25) is 4.79 Å². The SMILES string of the molecule is Cc1ccc(S(=O)(=O)N2C[C@H](O)C[C@@H]2C(=O)O)cc1F. The number of β-amino-alcohol motifs (C(OH)–C–C–N with tert-alkyl or cyclic N) is 1. The van der Waals surface area contributed by atoms with E-state index in [9.17, 15) is 22.7 Å². The van der Waals surface area contributed by atoms with Gasteiger partial charge in [-0.1, -0.05) is 6.07 Å². The van der Waals surface area contributed by atoms with Crippen molar-refractivity contribution in [1.29, 1.82) is 0 Å². The molecule has 0 saturated carbocycles. The van der Waals surface area contributed by atoms with Crippen LogP contribution in [0.4, 0.5) is 4.39 Å². The number of carboxylic acids is 1. The highest BCUT2D eigenvalue weighted by atomic mass is 32.2. The van der Waals surface area contributed by atoms with Gasteiger partial charge in [0, 0.05) is 13.0 Å². The molecule has 0 radical (unpaired) electrons. The van der Waals surface area contributed by atoms with E-state index in [1.165, 1.54) is 19.1 Å². The summed E-state index contributed by atoms with van der Waals surface area (Å²) in [6.07, 6.45) is -1.22. The molecule has 8 heteroatoms. The van der Waals surface area contributed by atoms with Gasteiger partial charge >= 0.3 is 5.97 Å². The first-order valence-corrected chi connectivity index (χ1v) is 7.36. The first-order chi connectivity index (χ1) is 9.23. The maximum absolute atomic E-state index is 13.5. The quantitative estimate of drug-likeness (QED) is 0.840. The number of sulfonamides is 1. The van der Waals surface area contributed by atoms with E-state index in [1.54, 1.807) is 0 Å². The van der Waals surface area contributed by atoms with Crippen LogP contribution in [0.5, 0.6) is 0 Å². The Balaban J connectivity index is 2.43. The largest absolute Gasteiger partial charge is 0.480 e. The Bertz CT molecular complexity index is 645. The van der Waals surface area contributed by atoms with Crippen molar-refractivity contribution >= 4 is 16.0 Å². The van der Waals surface area contributed by atoms with E-state index >= 15 is 0 Å². The van der Waals surface area contributed by atoms with Crippen LogP contribution in [0.2, 0.25) is 0 Å². The predicted molar refractivity (Wildman–Crippen MR) is 67.1 cm³/mol. The molecule has 110 valence electrons. The molecule has 2 rings (SSSR count). The molecule has 1 heterocycles.